The van der Waals surface area contributed by atoms with Crippen molar-refractivity contribution in [2.45, 2.75) is 59.4 Å². The molecule has 2 aliphatic heterocycles. The fourth-order valence-electron chi connectivity index (χ4n) is 3.10. The molecular weight excluding hydrogens is 258 g/mol. The molecular formula is C18H39N3. The molecule has 0 aromatic carbocycles. The van der Waals surface area contributed by atoms with Crippen LogP contribution >= 0.6 is 0 Å². The van der Waals surface area contributed by atoms with Crippen LogP contribution in [0.2, 0.25) is 0 Å². The van der Waals surface area contributed by atoms with E-state index in [1.807, 2.05) is 13.8 Å². The van der Waals surface area contributed by atoms with Crippen molar-refractivity contribution in [3.8, 4) is 0 Å². The zero-order valence-corrected chi connectivity index (χ0v) is 15.5. The number of likely N-dealkylation sites (tertiary alicyclic amines) is 1. The van der Waals surface area contributed by atoms with Gasteiger partial charge >= 0.3 is 0 Å². The van der Waals surface area contributed by atoms with Crippen molar-refractivity contribution < 1.29 is 0 Å². The van der Waals surface area contributed by atoms with Gasteiger partial charge < -0.3 is 14.7 Å². The van der Waals surface area contributed by atoms with Gasteiger partial charge in [-0.3, -0.25) is 0 Å². The Bertz CT molecular complexity index is 246. The van der Waals surface area contributed by atoms with Crippen LogP contribution in [-0.4, -0.2) is 74.1 Å². The Hall–Kier alpha value is -0.120. The molecule has 0 atom stereocenters. The van der Waals surface area contributed by atoms with E-state index in [0.717, 1.165) is 11.5 Å². The minimum atomic E-state index is 0.770. The van der Waals surface area contributed by atoms with Crippen molar-refractivity contribution in [1.82, 2.24) is 14.7 Å². The van der Waals surface area contributed by atoms with Crippen molar-refractivity contribution in [3.05, 3.63) is 0 Å². The molecule has 0 bridgehead atoms. The fraction of sp³-hybridized carbons (Fsp3) is 1.00. The molecule has 1 saturated carbocycles. The predicted molar refractivity (Wildman–Crippen MR) is 94.0 cm³/mol. The summed E-state index contributed by atoms with van der Waals surface area (Å²) in [6.45, 7) is 16.3. The monoisotopic (exact) mass is 297 g/mol. The van der Waals surface area contributed by atoms with E-state index in [4.69, 9.17) is 0 Å². The minimum absolute atomic E-state index is 0.770. The highest BCUT2D eigenvalue weighted by molar-refractivity contribution is 4.97. The SMILES string of the molecule is CC.CC(C)N1CCC2(CC1)CC2.CN1CCN(C)CC1. The minimum Gasteiger partial charge on any atom is -0.304 e. The van der Waals surface area contributed by atoms with Crippen LogP contribution in [0.15, 0.2) is 0 Å². The molecule has 0 radical (unpaired) electrons. The maximum absolute atomic E-state index is 2.61. The summed E-state index contributed by atoms with van der Waals surface area (Å²) in [5.41, 5.74) is 0.853. The van der Waals surface area contributed by atoms with Crippen LogP contribution in [0.1, 0.15) is 53.4 Å². The second kappa shape index (κ2) is 9.12. The molecule has 0 N–H and O–H groups in total. The third-order valence-electron chi connectivity index (χ3n) is 5.27. The number of rotatable bonds is 1. The van der Waals surface area contributed by atoms with Gasteiger partial charge in [0.1, 0.15) is 0 Å². The molecule has 0 unspecified atom stereocenters. The first-order valence-electron chi connectivity index (χ1n) is 9.12. The molecule has 1 spiro atoms. The van der Waals surface area contributed by atoms with Crippen molar-refractivity contribution in [3.63, 3.8) is 0 Å². The van der Waals surface area contributed by atoms with Crippen LogP contribution in [0.4, 0.5) is 0 Å². The van der Waals surface area contributed by atoms with Gasteiger partial charge in [-0.15, -0.1) is 0 Å². The van der Waals surface area contributed by atoms with E-state index in [0.29, 0.717) is 0 Å². The molecule has 0 aromatic heterocycles. The standard InChI is InChI=1S/C10H19N.C6H14N2.C2H6/c1-9(2)11-7-5-10(3-4-10)6-8-11;1-7-3-5-8(2)6-4-7;1-2/h9H,3-8H2,1-2H3;3-6H2,1-2H3;1-2H3. The van der Waals surface area contributed by atoms with Gasteiger partial charge in [0.05, 0.1) is 0 Å². The van der Waals surface area contributed by atoms with E-state index >= 15 is 0 Å². The third-order valence-corrected chi connectivity index (χ3v) is 5.27. The van der Waals surface area contributed by atoms with E-state index in [1.54, 1.807) is 0 Å². The Labute approximate surface area is 133 Å². The normalized spacial score (nSPS) is 25.9. The number of piperidine rings is 1. The second-order valence-corrected chi connectivity index (χ2v) is 7.24. The quantitative estimate of drug-likeness (QED) is 0.736. The van der Waals surface area contributed by atoms with Gasteiger partial charge in [0.2, 0.25) is 0 Å². The van der Waals surface area contributed by atoms with Gasteiger partial charge in [0.25, 0.3) is 0 Å². The lowest BCUT2D eigenvalue weighted by Crippen LogP contribution is -2.42. The lowest BCUT2D eigenvalue weighted by Gasteiger charge is -2.34. The average molecular weight is 298 g/mol. The average Bonchev–Trinajstić information content (AvgIpc) is 3.25. The Balaban J connectivity index is 0.000000196. The lowest BCUT2D eigenvalue weighted by molar-refractivity contribution is 0.140. The number of hydrogen-bond acceptors (Lipinski definition) is 3. The van der Waals surface area contributed by atoms with Crippen molar-refractivity contribution in [1.29, 1.82) is 0 Å². The smallest absolute Gasteiger partial charge is 0.0107 e. The number of likely N-dealkylation sites (N-methyl/N-ethyl adjacent to an activating group) is 2. The summed E-state index contributed by atoms with van der Waals surface area (Å²) in [4.78, 5) is 7.34. The lowest BCUT2D eigenvalue weighted by atomic mass is 9.93. The van der Waals surface area contributed by atoms with Crippen LogP contribution in [0, 0.1) is 5.41 Å². The molecule has 3 fully saturated rings. The third kappa shape index (κ3) is 6.66. The zero-order chi connectivity index (χ0) is 15.9. The van der Waals surface area contributed by atoms with Gasteiger partial charge in [0.15, 0.2) is 0 Å². The number of hydrogen-bond donors (Lipinski definition) is 0. The molecule has 0 aromatic rings. The van der Waals surface area contributed by atoms with Gasteiger partial charge in [-0.25, -0.2) is 0 Å². The van der Waals surface area contributed by atoms with Crippen LogP contribution in [-0.2, 0) is 0 Å². The van der Waals surface area contributed by atoms with Crippen LogP contribution in [0.5, 0.6) is 0 Å². The summed E-state index contributed by atoms with van der Waals surface area (Å²) >= 11 is 0. The molecule has 3 nitrogen and oxygen atoms in total. The highest BCUT2D eigenvalue weighted by Crippen LogP contribution is 2.53. The van der Waals surface area contributed by atoms with E-state index in [1.165, 1.54) is 65.0 Å². The fourth-order valence-corrected chi connectivity index (χ4v) is 3.10. The Morgan fingerprint density at radius 1 is 0.667 bits per heavy atom. The summed E-state index contributed by atoms with van der Waals surface area (Å²) in [5, 5.41) is 0. The molecule has 3 rings (SSSR count). The first-order chi connectivity index (χ1) is 10.0. The van der Waals surface area contributed by atoms with Crippen molar-refractivity contribution in [2.75, 3.05) is 53.4 Å². The van der Waals surface area contributed by atoms with Gasteiger partial charge in [-0.1, -0.05) is 13.8 Å². The van der Waals surface area contributed by atoms with Crippen molar-refractivity contribution >= 4 is 0 Å². The summed E-state index contributed by atoms with van der Waals surface area (Å²) in [6.07, 6.45) is 6.01. The zero-order valence-electron chi connectivity index (χ0n) is 15.5. The van der Waals surface area contributed by atoms with E-state index in [2.05, 4.69) is 42.6 Å². The largest absolute Gasteiger partial charge is 0.304 e. The topological polar surface area (TPSA) is 9.72 Å². The van der Waals surface area contributed by atoms with Crippen LogP contribution in [0.25, 0.3) is 0 Å². The highest BCUT2D eigenvalue weighted by Gasteiger charge is 2.44. The van der Waals surface area contributed by atoms with Gasteiger partial charge in [-0.05, 0) is 72.1 Å². The summed E-state index contributed by atoms with van der Waals surface area (Å²) in [7, 11) is 4.35. The molecule has 21 heavy (non-hydrogen) atoms. The van der Waals surface area contributed by atoms with Gasteiger partial charge in [0, 0.05) is 32.2 Å². The molecule has 1 aliphatic carbocycles. The summed E-state index contributed by atoms with van der Waals surface area (Å²) in [6, 6.07) is 0.770. The molecule has 3 aliphatic rings. The maximum atomic E-state index is 2.61. The molecule has 2 saturated heterocycles. The van der Waals surface area contributed by atoms with E-state index in [-0.39, 0.29) is 0 Å². The Morgan fingerprint density at radius 2 is 1.05 bits per heavy atom. The second-order valence-electron chi connectivity index (χ2n) is 7.24. The summed E-state index contributed by atoms with van der Waals surface area (Å²) in [5.74, 6) is 0. The maximum Gasteiger partial charge on any atom is 0.0107 e. The molecule has 126 valence electrons. The Morgan fingerprint density at radius 3 is 1.33 bits per heavy atom. The van der Waals surface area contributed by atoms with E-state index < -0.39 is 0 Å². The van der Waals surface area contributed by atoms with Gasteiger partial charge in [-0.2, -0.15) is 0 Å². The molecule has 0 amide bonds. The Kier molecular flexibility index (Phi) is 8.22. The highest BCUT2D eigenvalue weighted by atomic mass is 15.2. The predicted octanol–water partition coefficient (Wildman–Crippen LogP) is 3.16. The van der Waals surface area contributed by atoms with Crippen LogP contribution in [0.3, 0.4) is 0 Å². The molecule has 2 heterocycles. The first kappa shape index (κ1) is 18.9. The van der Waals surface area contributed by atoms with Crippen molar-refractivity contribution in [2.24, 2.45) is 5.41 Å². The molecule has 3 heteroatoms. The van der Waals surface area contributed by atoms with Crippen LogP contribution < -0.4 is 0 Å². The number of nitrogens with zero attached hydrogens (tertiary/aromatic N) is 3. The first-order valence-corrected chi connectivity index (χ1v) is 9.12. The van der Waals surface area contributed by atoms with E-state index in [9.17, 15) is 0 Å². The summed E-state index contributed by atoms with van der Waals surface area (Å²) < 4.78 is 0. The number of piperazine rings is 1.